The molecule has 0 bridgehead atoms. The minimum atomic E-state index is -4.64. The first kappa shape index (κ1) is 20.8. The summed E-state index contributed by atoms with van der Waals surface area (Å²) in [4.78, 5) is 28.4. The first-order valence-electron chi connectivity index (χ1n) is 8.62. The van der Waals surface area contributed by atoms with Gasteiger partial charge in [-0.3, -0.25) is 14.3 Å². The summed E-state index contributed by atoms with van der Waals surface area (Å²) in [7, 11) is 0. The van der Waals surface area contributed by atoms with E-state index >= 15 is 0 Å². The Morgan fingerprint density at radius 2 is 1.93 bits per heavy atom. The zero-order chi connectivity index (χ0) is 21.7. The third kappa shape index (κ3) is 3.57. The van der Waals surface area contributed by atoms with Crippen LogP contribution in [0.4, 0.5) is 18.9 Å². The van der Waals surface area contributed by atoms with Crippen molar-refractivity contribution >= 4 is 39.1 Å². The van der Waals surface area contributed by atoms with Crippen molar-refractivity contribution in [1.29, 1.82) is 0 Å². The van der Waals surface area contributed by atoms with E-state index in [1.54, 1.807) is 18.5 Å². The van der Waals surface area contributed by atoms with Gasteiger partial charge >= 0.3 is 6.18 Å². The number of amides is 2. The van der Waals surface area contributed by atoms with Gasteiger partial charge in [-0.05, 0) is 39.3 Å². The van der Waals surface area contributed by atoms with E-state index < -0.39 is 23.7 Å². The van der Waals surface area contributed by atoms with E-state index in [9.17, 15) is 22.8 Å². The number of hydrogen-bond donors (Lipinski definition) is 2. The van der Waals surface area contributed by atoms with Gasteiger partial charge in [0.25, 0.3) is 11.8 Å². The Bertz CT molecular complexity index is 1150. The summed E-state index contributed by atoms with van der Waals surface area (Å²) < 4.78 is 40.9. The van der Waals surface area contributed by atoms with E-state index in [1.165, 1.54) is 6.92 Å². The second-order valence-corrected chi connectivity index (χ2v) is 7.49. The molecule has 0 aromatic carbocycles. The molecule has 3 N–H and O–H groups in total. The summed E-state index contributed by atoms with van der Waals surface area (Å²) in [6, 6.07) is 0.876. The molecule has 0 aliphatic rings. The highest BCUT2D eigenvalue weighted by atomic mass is 32.1. The van der Waals surface area contributed by atoms with Gasteiger partial charge in [-0.25, -0.2) is 4.98 Å². The summed E-state index contributed by atoms with van der Waals surface area (Å²) >= 11 is 0.711. The Morgan fingerprint density at radius 3 is 2.45 bits per heavy atom. The normalized spacial score (nSPS) is 11.8. The molecule has 0 saturated carbocycles. The molecule has 0 atom stereocenters. The zero-order valence-electron chi connectivity index (χ0n) is 16.1. The first-order valence-corrected chi connectivity index (χ1v) is 9.43. The molecule has 3 heterocycles. The number of alkyl halides is 3. The van der Waals surface area contributed by atoms with Gasteiger partial charge in [0.2, 0.25) is 0 Å². The van der Waals surface area contributed by atoms with Crippen molar-refractivity contribution in [3.05, 3.63) is 39.2 Å². The molecule has 0 aliphatic carbocycles. The fraction of sp³-hybridized carbons (Fsp3) is 0.333. The lowest BCUT2D eigenvalue weighted by Crippen LogP contribution is -2.18. The lowest BCUT2D eigenvalue weighted by molar-refractivity contribution is -0.141. The molecular weight excluding hydrogens is 407 g/mol. The Balaban J connectivity index is 2.16. The van der Waals surface area contributed by atoms with E-state index in [4.69, 9.17) is 5.73 Å². The highest BCUT2D eigenvalue weighted by molar-refractivity contribution is 7.21. The number of aryl methyl sites for hydroxylation is 3. The molecule has 0 radical (unpaired) electrons. The number of halogens is 3. The predicted octanol–water partition coefficient (Wildman–Crippen LogP) is 3.81. The molecule has 0 unspecified atom stereocenters. The Kier molecular flexibility index (Phi) is 5.11. The molecule has 7 nitrogen and oxygen atoms in total. The number of nitrogens with two attached hydrogens (primary N) is 1. The fourth-order valence-corrected chi connectivity index (χ4v) is 4.29. The van der Waals surface area contributed by atoms with Crippen molar-refractivity contribution < 1.29 is 22.8 Å². The van der Waals surface area contributed by atoms with Gasteiger partial charge in [-0.15, -0.1) is 11.3 Å². The standard InChI is InChI=1S/C18H18F3N5O2S/c1-5-26-9(4)12(8(3)25-26)16(28)24-13-11-7(2)6-10(18(19,20)21)23-17(11)29-14(13)15(22)27/h6H,5H2,1-4H3,(H2,22,27)(H,24,28). The SMILES string of the molecule is CCn1nc(C)c(C(=O)Nc2c(C(N)=O)sc3nc(C(F)(F)F)cc(C)c23)c1C. The number of carbonyl (C=O) groups is 2. The molecule has 3 rings (SSSR count). The van der Waals surface area contributed by atoms with E-state index in [-0.39, 0.29) is 26.3 Å². The number of carbonyl (C=O) groups excluding carboxylic acids is 2. The van der Waals surface area contributed by atoms with Crippen LogP contribution >= 0.6 is 11.3 Å². The lowest BCUT2D eigenvalue weighted by Gasteiger charge is -2.10. The number of primary amides is 1. The van der Waals surface area contributed by atoms with Gasteiger partial charge in [-0.2, -0.15) is 18.3 Å². The van der Waals surface area contributed by atoms with Gasteiger partial charge < -0.3 is 11.1 Å². The van der Waals surface area contributed by atoms with Crippen molar-refractivity contribution in [3.8, 4) is 0 Å². The van der Waals surface area contributed by atoms with Crippen LogP contribution in [0.3, 0.4) is 0 Å². The minimum Gasteiger partial charge on any atom is -0.365 e. The summed E-state index contributed by atoms with van der Waals surface area (Å²) in [5, 5.41) is 7.18. The summed E-state index contributed by atoms with van der Waals surface area (Å²) in [6.45, 7) is 7.32. The lowest BCUT2D eigenvalue weighted by atomic mass is 10.1. The Morgan fingerprint density at radius 1 is 1.28 bits per heavy atom. The molecule has 0 spiro atoms. The number of aromatic nitrogens is 3. The number of fused-ring (bicyclic) bond motifs is 1. The minimum absolute atomic E-state index is 0.0286. The van der Waals surface area contributed by atoms with Crippen LogP contribution in [0, 0.1) is 20.8 Å². The Labute approximate surface area is 167 Å². The number of anilines is 1. The largest absolute Gasteiger partial charge is 0.433 e. The summed E-state index contributed by atoms with van der Waals surface area (Å²) in [6.07, 6.45) is -4.64. The summed E-state index contributed by atoms with van der Waals surface area (Å²) in [5.41, 5.74) is 6.08. The van der Waals surface area contributed by atoms with Crippen molar-refractivity contribution in [2.24, 2.45) is 5.73 Å². The van der Waals surface area contributed by atoms with E-state index in [0.29, 0.717) is 34.8 Å². The van der Waals surface area contributed by atoms with Crippen molar-refractivity contribution in [1.82, 2.24) is 14.8 Å². The smallest absolute Gasteiger partial charge is 0.365 e. The highest BCUT2D eigenvalue weighted by Crippen LogP contribution is 2.40. The van der Waals surface area contributed by atoms with Crippen LogP contribution in [0.5, 0.6) is 0 Å². The summed E-state index contributed by atoms with van der Waals surface area (Å²) in [5.74, 6) is -1.39. The first-order chi connectivity index (χ1) is 13.5. The fourth-order valence-electron chi connectivity index (χ4n) is 3.23. The molecule has 0 saturated heterocycles. The van der Waals surface area contributed by atoms with Crippen LogP contribution < -0.4 is 11.1 Å². The van der Waals surface area contributed by atoms with Gasteiger partial charge in [0.15, 0.2) is 0 Å². The number of pyridine rings is 1. The van der Waals surface area contributed by atoms with Crippen LogP contribution in [0.25, 0.3) is 10.2 Å². The number of thiophene rings is 1. The van der Waals surface area contributed by atoms with Crippen LogP contribution in [-0.4, -0.2) is 26.6 Å². The molecule has 154 valence electrons. The van der Waals surface area contributed by atoms with Crippen LogP contribution in [0.1, 0.15) is 49.6 Å². The number of nitrogens with zero attached hydrogens (tertiary/aromatic N) is 3. The topological polar surface area (TPSA) is 103 Å². The third-order valence-corrected chi connectivity index (χ3v) is 5.62. The monoisotopic (exact) mass is 425 g/mol. The third-order valence-electron chi connectivity index (χ3n) is 4.52. The van der Waals surface area contributed by atoms with Crippen LogP contribution in [-0.2, 0) is 12.7 Å². The molecule has 0 aliphatic heterocycles. The predicted molar refractivity (Wildman–Crippen MR) is 103 cm³/mol. The maximum atomic E-state index is 13.1. The van der Waals surface area contributed by atoms with Gasteiger partial charge in [0.1, 0.15) is 15.4 Å². The zero-order valence-corrected chi connectivity index (χ0v) is 16.9. The van der Waals surface area contributed by atoms with E-state index in [2.05, 4.69) is 15.4 Å². The van der Waals surface area contributed by atoms with Crippen molar-refractivity contribution in [3.63, 3.8) is 0 Å². The van der Waals surface area contributed by atoms with Crippen LogP contribution in [0.15, 0.2) is 6.07 Å². The molecule has 2 amide bonds. The molecular formula is C18H18F3N5O2S. The van der Waals surface area contributed by atoms with E-state index in [1.807, 2.05) is 6.92 Å². The van der Waals surface area contributed by atoms with Gasteiger partial charge in [0.05, 0.1) is 16.9 Å². The maximum Gasteiger partial charge on any atom is 0.433 e. The van der Waals surface area contributed by atoms with Crippen molar-refractivity contribution in [2.75, 3.05) is 5.32 Å². The van der Waals surface area contributed by atoms with Gasteiger partial charge in [0, 0.05) is 17.6 Å². The Hall–Kier alpha value is -2.95. The highest BCUT2D eigenvalue weighted by Gasteiger charge is 2.34. The second kappa shape index (κ2) is 7.14. The molecule has 29 heavy (non-hydrogen) atoms. The van der Waals surface area contributed by atoms with Crippen molar-refractivity contribution in [2.45, 2.75) is 40.4 Å². The van der Waals surface area contributed by atoms with Crippen LogP contribution in [0.2, 0.25) is 0 Å². The number of rotatable bonds is 4. The second-order valence-electron chi connectivity index (χ2n) is 6.49. The van der Waals surface area contributed by atoms with Gasteiger partial charge in [-0.1, -0.05) is 0 Å². The number of hydrogen-bond acceptors (Lipinski definition) is 5. The molecule has 0 fully saturated rings. The molecule has 11 heteroatoms. The quantitative estimate of drug-likeness (QED) is 0.663. The molecule has 3 aromatic rings. The van der Waals surface area contributed by atoms with E-state index in [0.717, 1.165) is 6.07 Å². The molecule has 3 aromatic heterocycles. The average molecular weight is 425 g/mol. The maximum absolute atomic E-state index is 13.1. The average Bonchev–Trinajstić information content (AvgIpc) is 3.11. The number of nitrogens with one attached hydrogen (secondary N) is 1.